The number of hydrogen-bond donors (Lipinski definition) is 1. The quantitative estimate of drug-likeness (QED) is 0.662. The van der Waals surface area contributed by atoms with Crippen LogP contribution in [0, 0.1) is 17.8 Å². The van der Waals surface area contributed by atoms with Crippen LogP contribution in [-0.2, 0) is 25.5 Å². The van der Waals surface area contributed by atoms with Gasteiger partial charge >= 0.3 is 5.97 Å². The molecule has 7 heteroatoms. The standard InChI is InChI=1S/C24H28N2O4S/c1-3-15-7-9-16(10-8-15)20-13-31-24(25-20)26-22(28)14(2)30-23(29)19-11-17-5-4-6-18(12-19)21(17)27/h7-10,13-14,17-19H,3-6,11-12H2,1-2H3,(H,25,26,28). The molecule has 3 unspecified atom stereocenters. The van der Waals surface area contributed by atoms with E-state index in [1.54, 1.807) is 6.92 Å². The number of ether oxygens (including phenoxy) is 1. The number of nitrogens with zero attached hydrogens (tertiary/aromatic N) is 1. The van der Waals surface area contributed by atoms with Crippen LogP contribution in [0.5, 0.6) is 0 Å². The van der Waals surface area contributed by atoms with E-state index in [0.29, 0.717) is 23.8 Å². The number of carbonyl (C=O) groups excluding carboxylic acids is 3. The lowest BCUT2D eigenvalue weighted by molar-refractivity contribution is -0.161. The van der Waals surface area contributed by atoms with Crippen LogP contribution in [0.25, 0.3) is 11.3 Å². The van der Waals surface area contributed by atoms with Crippen LogP contribution >= 0.6 is 11.3 Å². The van der Waals surface area contributed by atoms with E-state index in [2.05, 4.69) is 29.4 Å². The average molecular weight is 441 g/mol. The van der Waals surface area contributed by atoms with E-state index in [0.717, 1.165) is 36.9 Å². The summed E-state index contributed by atoms with van der Waals surface area (Å²) >= 11 is 1.34. The van der Waals surface area contributed by atoms with Gasteiger partial charge in [0, 0.05) is 22.8 Å². The Hall–Kier alpha value is -2.54. The second-order valence-electron chi connectivity index (χ2n) is 8.55. The van der Waals surface area contributed by atoms with Gasteiger partial charge in [-0.1, -0.05) is 37.6 Å². The second kappa shape index (κ2) is 9.30. The van der Waals surface area contributed by atoms with E-state index < -0.39 is 12.0 Å². The molecule has 2 aromatic rings. The molecular weight excluding hydrogens is 412 g/mol. The Bertz CT molecular complexity index is 952. The molecule has 1 aromatic heterocycles. The monoisotopic (exact) mass is 440 g/mol. The van der Waals surface area contributed by atoms with E-state index in [9.17, 15) is 14.4 Å². The largest absolute Gasteiger partial charge is 0.452 e. The number of aryl methyl sites for hydroxylation is 1. The third kappa shape index (κ3) is 4.87. The molecule has 1 amide bonds. The predicted molar refractivity (Wildman–Crippen MR) is 120 cm³/mol. The molecule has 2 fully saturated rings. The number of fused-ring (bicyclic) bond motifs is 2. The lowest BCUT2D eigenvalue weighted by atomic mass is 9.67. The maximum absolute atomic E-state index is 12.6. The molecule has 2 saturated carbocycles. The normalized spacial score (nSPS) is 23.8. The fourth-order valence-corrected chi connectivity index (χ4v) is 5.30. The molecule has 3 atom stereocenters. The van der Waals surface area contributed by atoms with Gasteiger partial charge in [0.1, 0.15) is 5.78 Å². The fourth-order valence-electron chi connectivity index (χ4n) is 4.58. The molecule has 2 aliphatic carbocycles. The lowest BCUT2D eigenvalue weighted by Gasteiger charge is -2.36. The van der Waals surface area contributed by atoms with Crippen molar-refractivity contribution in [3.8, 4) is 11.3 Å². The van der Waals surface area contributed by atoms with Gasteiger partial charge in [0.25, 0.3) is 5.91 Å². The number of anilines is 1. The van der Waals surface area contributed by atoms with E-state index in [-0.39, 0.29) is 23.7 Å². The van der Waals surface area contributed by atoms with Gasteiger partial charge in [0.15, 0.2) is 11.2 Å². The van der Waals surface area contributed by atoms with Gasteiger partial charge < -0.3 is 4.74 Å². The number of thiazole rings is 1. The smallest absolute Gasteiger partial charge is 0.309 e. The summed E-state index contributed by atoms with van der Waals surface area (Å²) in [5.41, 5.74) is 3.05. The first kappa shape index (κ1) is 21.7. The zero-order valence-corrected chi connectivity index (χ0v) is 18.7. The molecule has 1 aromatic carbocycles. The van der Waals surface area contributed by atoms with Crippen LogP contribution in [0.15, 0.2) is 29.6 Å². The summed E-state index contributed by atoms with van der Waals surface area (Å²) in [4.78, 5) is 41.9. The van der Waals surface area contributed by atoms with Gasteiger partial charge in [-0.15, -0.1) is 11.3 Å². The minimum atomic E-state index is -0.916. The van der Waals surface area contributed by atoms with Crippen molar-refractivity contribution < 1.29 is 19.1 Å². The number of ketones is 1. The highest BCUT2D eigenvalue weighted by atomic mass is 32.1. The van der Waals surface area contributed by atoms with Crippen LogP contribution in [0.1, 0.15) is 51.5 Å². The summed E-state index contributed by atoms with van der Waals surface area (Å²) in [5.74, 6) is -0.792. The first-order valence-corrected chi connectivity index (χ1v) is 11.9. The number of amides is 1. The van der Waals surface area contributed by atoms with Crippen LogP contribution in [0.4, 0.5) is 5.13 Å². The molecule has 31 heavy (non-hydrogen) atoms. The molecule has 0 spiro atoms. The number of Topliss-reactive ketones (excluding diaryl/α,β-unsaturated/α-hetero) is 1. The number of aromatic nitrogens is 1. The molecule has 6 nitrogen and oxygen atoms in total. The third-order valence-corrected chi connectivity index (χ3v) is 7.19. The minimum Gasteiger partial charge on any atom is -0.452 e. The number of rotatable bonds is 6. The van der Waals surface area contributed by atoms with Gasteiger partial charge in [-0.05, 0) is 44.6 Å². The minimum absolute atomic E-state index is 0.0192. The van der Waals surface area contributed by atoms with Crippen molar-refractivity contribution >= 4 is 34.1 Å². The highest BCUT2D eigenvalue weighted by Crippen LogP contribution is 2.40. The summed E-state index contributed by atoms with van der Waals surface area (Å²) in [6.07, 6.45) is 3.95. The molecule has 1 heterocycles. The molecule has 1 N–H and O–H groups in total. The van der Waals surface area contributed by atoms with Crippen LogP contribution in [0.2, 0.25) is 0 Å². The highest BCUT2D eigenvalue weighted by molar-refractivity contribution is 7.14. The Balaban J connectivity index is 1.32. The van der Waals surface area contributed by atoms with Gasteiger partial charge in [0.2, 0.25) is 0 Å². The molecular formula is C24H28N2O4S. The first-order chi connectivity index (χ1) is 14.9. The SMILES string of the molecule is CCc1ccc(-c2csc(NC(=O)C(C)OC(=O)C3CC4CCCC(C3)C4=O)n2)cc1. The van der Waals surface area contributed by atoms with Crippen molar-refractivity contribution in [2.45, 2.75) is 58.5 Å². The van der Waals surface area contributed by atoms with Gasteiger partial charge in [-0.2, -0.15) is 0 Å². The zero-order chi connectivity index (χ0) is 22.0. The second-order valence-corrected chi connectivity index (χ2v) is 9.41. The number of benzene rings is 1. The van der Waals surface area contributed by atoms with Crippen molar-refractivity contribution in [1.82, 2.24) is 4.98 Å². The van der Waals surface area contributed by atoms with E-state index >= 15 is 0 Å². The first-order valence-electron chi connectivity index (χ1n) is 11.0. The van der Waals surface area contributed by atoms with E-state index in [1.165, 1.54) is 16.9 Å². The number of hydrogen-bond acceptors (Lipinski definition) is 6. The lowest BCUT2D eigenvalue weighted by Crippen LogP contribution is -2.41. The maximum atomic E-state index is 12.6. The third-order valence-electron chi connectivity index (χ3n) is 6.44. The van der Waals surface area contributed by atoms with Gasteiger partial charge in [0.05, 0.1) is 11.6 Å². The van der Waals surface area contributed by atoms with E-state index in [4.69, 9.17) is 4.74 Å². The summed E-state index contributed by atoms with van der Waals surface area (Å²) in [6.45, 7) is 3.68. The van der Waals surface area contributed by atoms with Gasteiger partial charge in [-0.25, -0.2) is 4.98 Å². The Morgan fingerprint density at radius 3 is 2.52 bits per heavy atom. The number of carbonyl (C=O) groups is 3. The van der Waals surface area contributed by atoms with Crippen molar-refractivity contribution in [3.63, 3.8) is 0 Å². The Labute approximate surface area is 186 Å². The average Bonchev–Trinajstić information content (AvgIpc) is 3.22. The summed E-state index contributed by atoms with van der Waals surface area (Å²) in [6, 6.07) is 8.19. The Morgan fingerprint density at radius 2 is 1.87 bits per heavy atom. The molecule has 0 radical (unpaired) electrons. The molecule has 2 bridgehead atoms. The Morgan fingerprint density at radius 1 is 1.19 bits per heavy atom. The summed E-state index contributed by atoms with van der Waals surface area (Å²) < 4.78 is 5.46. The van der Waals surface area contributed by atoms with Crippen molar-refractivity contribution in [2.24, 2.45) is 17.8 Å². The van der Waals surface area contributed by atoms with Crippen LogP contribution in [0.3, 0.4) is 0 Å². The van der Waals surface area contributed by atoms with E-state index in [1.807, 2.05) is 17.5 Å². The fraction of sp³-hybridized carbons (Fsp3) is 0.500. The topological polar surface area (TPSA) is 85.4 Å². The molecule has 2 aliphatic rings. The van der Waals surface area contributed by atoms with Gasteiger partial charge in [-0.3, -0.25) is 19.7 Å². The molecule has 164 valence electrons. The summed E-state index contributed by atoms with van der Waals surface area (Å²) in [7, 11) is 0. The number of esters is 1. The zero-order valence-electron chi connectivity index (χ0n) is 17.9. The van der Waals surface area contributed by atoms with Crippen molar-refractivity contribution in [2.75, 3.05) is 5.32 Å². The molecule has 4 rings (SSSR count). The van der Waals surface area contributed by atoms with Crippen LogP contribution in [-0.4, -0.2) is 28.7 Å². The summed E-state index contributed by atoms with van der Waals surface area (Å²) in [5, 5.41) is 5.11. The van der Waals surface area contributed by atoms with Crippen LogP contribution < -0.4 is 5.32 Å². The highest BCUT2D eigenvalue weighted by Gasteiger charge is 2.42. The Kier molecular flexibility index (Phi) is 6.51. The molecule has 0 saturated heterocycles. The predicted octanol–water partition coefficient (Wildman–Crippen LogP) is 4.64. The number of nitrogens with one attached hydrogen (secondary N) is 1. The molecule has 0 aliphatic heterocycles. The van der Waals surface area contributed by atoms with Crippen molar-refractivity contribution in [3.05, 3.63) is 35.2 Å². The van der Waals surface area contributed by atoms with Crippen molar-refractivity contribution in [1.29, 1.82) is 0 Å². The maximum Gasteiger partial charge on any atom is 0.309 e.